The molecule has 2 N–H and O–H groups in total. The van der Waals surface area contributed by atoms with Gasteiger partial charge in [-0.15, -0.1) is 0 Å². The van der Waals surface area contributed by atoms with Gasteiger partial charge in [0.15, 0.2) is 0 Å². The Morgan fingerprint density at radius 3 is 2.50 bits per heavy atom. The van der Waals surface area contributed by atoms with Gasteiger partial charge in [0.05, 0.1) is 6.04 Å². The summed E-state index contributed by atoms with van der Waals surface area (Å²) >= 11 is 3.42. The second-order valence-electron chi connectivity index (χ2n) is 4.41. The van der Waals surface area contributed by atoms with E-state index in [0.29, 0.717) is 0 Å². The number of benzene rings is 1. The molecule has 2 aromatic rings. The van der Waals surface area contributed by atoms with E-state index in [9.17, 15) is 0 Å². The van der Waals surface area contributed by atoms with Crippen LogP contribution in [0.15, 0.2) is 47.2 Å². The van der Waals surface area contributed by atoms with Gasteiger partial charge in [0, 0.05) is 16.9 Å². The predicted octanol–water partition coefficient (Wildman–Crippen LogP) is 3.84. The van der Waals surface area contributed by atoms with E-state index >= 15 is 0 Å². The van der Waals surface area contributed by atoms with Crippen molar-refractivity contribution >= 4 is 15.9 Å². The van der Waals surface area contributed by atoms with Crippen LogP contribution in [-0.2, 0) is 6.42 Å². The summed E-state index contributed by atoms with van der Waals surface area (Å²) in [4.78, 5) is 4.15. The Bertz CT molecular complexity index is 508. The van der Waals surface area contributed by atoms with Gasteiger partial charge in [0.2, 0.25) is 0 Å². The zero-order valence-corrected chi connectivity index (χ0v) is 12.0. The molecule has 1 aromatic heterocycles. The lowest BCUT2D eigenvalue weighted by atomic mass is 9.99. The maximum absolute atomic E-state index is 6.25. The van der Waals surface area contributed by atoms with E-state index < -0.39 is 0 Å². The molecule has 2 nitrogen and oxygen atoms in total. The van der Waals surface area contributed by atoms with Gasteiger partial charge in [-0.3, -0.25) is 4.98 Å². The van der Waals surface area contributed by atoms with Gasteiger partial charge in [-0.2, -0.15) is 0 Å². The zero-order valence-electron chi connectivity index (χ0n) is 10.4. The van der Waals surface area contributed by atoms with E-state index in [4.69, 9.17) is 5.73 Å². The van der Waals surface area contributed by atoms with Crippen molar-refractivity contribution in [1.82, 2.24) is 4.98 Å². The van der Waals surface area contributed by atoms with Crippen molar-refractivity contribution in [3.8, 4) is 0 Å². The number of hydrogen-bond acceptors (Lipinski definition) is 2. The summed E-state index contributed by atoms with van der Waals surface area (Å²) in [6.07, 6.45) is 5.87. The van der Waals surface area contributed by atoms with Crippen LogP contribution in [0.4, 0.5) is 0 Å². The molecule has 0 spiro atoms. The van der Waals surface area contributed by atoms with Gasteiger partial charge < -0.3 is 5.73 Å². The van der Waals surface area contributed by atoms with E-state index in [1.165, 1.54) is 12.0 Å². The lowest BCUT2D eigenvalue weighted by Crippen LogP contribution is -2.12. The second-order valence-corrected chi connectivity index (χ2v) is 5.32. The number of nitrogens with zero attached hydrogens (tertiary/aromatic N) is 1. The average Bonchev–Trinajstić information content (AvgIpc) is 2.39. The minimum Gasteiger partial charge on any atom is -0.320 e. The molecule has 2 rings (SSSR count). The van der Waals surface area contributed by atoms with Gasteiger partial charge in [0.25, 0.3) is 0 Å². The number of halogens is 1. The molecule has 94 valence electrons. The van der Waals surface area contributed by atoms with Crippen molar-refractivity contribution in [2.75, 3.05) is 0 Å². The molecule has 18 heavy (non-hydrogen) atoms. The summed E-state index contributed by atoms with van der Waals surface area (Å²) in [6, 6.07) is 10.4. The second kappa shape index (κ2) is 6.12. The van der Waals surface area contributed by atoms with Crippen LogP contribution in [0.25, 0.3) is 0 Å². The topological polar surface area (TPSA) is 38.9 Å². The van der Waals surface area contributed by atoms with Gasteiger partial charge >= 0.3 is 0 Å². The van der Waals surface area contributed by atoms with Crippen LogP contribution in [0.3, 0.4) is 0 Å². The van der Waals surface area contributed by atoms with Crippen molar-refractivity contribution in [1.29, 1.82) is 0 Å². The van der Waals surface area contributed by atoms with Crippen LogP contribution >= 0.6 is 15.9 Å². The van der Waals surface area contributed by atoms with Gasteiger partial charge in [-0.05, 0) is 45.1 Å². The monoisotopic (exact) mass is 304 g/mol. The first-order valence-corrected chi connectivity index (χ1v) is 6.95. The minimum absolute atomic E-state index is 0.120. The molecule has 1 unspecified atom stereocenters. The van der Waals surface area contributed by atoms with Crippen molar-refractivity contribution < 1.29 is 0 Å². The Kier molecular flexibility index (Phi) is 4.50. The van der Waals surface area contributed by atoms with Crippen molar-refractivity contribution in [3.05, 3.63) is 63.9 Å². The third-order valence-corrected chi connectivity index (χ3v) is 3.40. The smallest absolute Gasteiger partial charge is 0.0567 e. The number of nitrogens with two attached hydrogens (primary N) is 1. The molecule has 0 saturated carbocycles. The Balaban J connectivity index is 2.20. The maximum Gasteiger partial charge on any atom is 0.0567 e. The number of pyridine rings is 1. The fourth-order valence-electron chi connectivity index (χ4n) is 1.97. The Hall–Kier alpha value is -1.19. The summed E-state index contributed by atoms with van der Waals surface area (Å²) < 4.78 is 0.957. The summed E-state index contributed by atoms with van der Waals surface area (Å²) in [5.41, 5.74) is 9.75. The van der Waals surface area contributed by atoms with Crippen LogP contribution < -0.4 is 5.73 Å². The molecule has 0 aliphatic heterocycles. The van der Waals surface area contributed by atoms with Gasteiger partial charge in [0.1, 0.15) is 0 Å². The molecular formula is C15H17BrN2. The Morgan fingerprint density at radius 2 is 1.89 bits per heavy atom. The molecule has 0 bridgehead atoms. The van der Waals surface area contributed by atoms with Crippen molar-refractivity contribution in [2.45, 2.75) is 25.8 Å². The molecule has 0 aliphatic rings. The predicted molar refractivity (Wildman–Crippen MR) is 78.4 cm³/mol. The van der Waals surface area contributed by atoms with Crippen LogP contribution in [0.1, 0.15) is 36.1 Å². The maximum atomic E-state index is 6.25. The largest absolute Gasteiger partial charge is 0.320 e. The molecule has 0 fully saturated rings. The van der Waals surface area contributed by atoms with E-state index in [0.717, 1.165) is 22.0 Å². The number of aromatic nitrogens is 1. The van der Waals surface area contributed by atoms with Crippen LogP contribution in [0.2, 0.25) is 0 Å². The molecule has 0 amide bonds. The molecule has 0 aliphatic carbocycles. The lowest BCUT2D eigenvalue weighted by molar-refractivity contribution is 0.856. The number of rotatable bonds is 4. The summed E-state index contributed by atoms with van der Waals surface area (Å²) in [5.74, 6) is 0. The molecule has 3 heteroatoms. The van der Waals surface area contributed by atoms with Crippen LogP contribution in [-0.4, -0.2) is 4.98 Å². The molecule has 1 heterocycles. The van der Waals surface area contributed by atoms with E-state index in [2.05, 4.69) is 52.1 Å². The van der Waals surface area contributed by atoms with Gasteiger partial charge in [-0.25, -0.2) is 0 Å². The highest BCUT2D eigenvalue weighted by Gasteiger charge is 2.09. The molecular weight excluding hydrogens is 288 g/mol. The Labute approximate surface area is 116 Å². The number of aryl methyl sites for hydroxylation is 1. The SMILES string of the molecule is CCCc1ccc(C(N)c2cncc(Br)c2)cc1. The molecule has 0 saturated heterocycles. The first-order valence-electron chi connectivity index (χ1n) is 6.15. The van der Waals surface area contributed by atoms with Gasteiger partial charge in [-0.1, -0.05) is 37.6 Å². The highest BCUT2D eigenvalue weighted by Crippen LogP contribution is 2.22. The quantitative estimate of drug-likeness (QED) is 0.932. The van der Waals surface area contributed by atoms with Crippen LogP contribution in [0, 0.1) is 0 Å². The van der Waals surface area contributed by atoms with Crippen molar-refractivity contribution in [3.63, 3.8) is 0 Å². The highest BCUT2D eigenvalue weighted by atomic mass is 79.9. The molecule has 1 aromatic carbocycles. The van der Waals surface area contributed by atoms with E-state index in [1.54, 1.807) is 6.20 Å². The summed E-state index contributed by atoms with van der Waals surface area (Å²) in [6.45, 7) is 2.19. The lowest BCUT2D eigenvalue weighted by Gasteiger charge is -2.13. The highest BCUT2D eigenvalue weighted by molar-refractivity contribution is 9.10. The summed E-state index contributed by atoms with van der Waals surface area (Å²) in [7, 11) is 0. The normalized spacial score (nSPS) is 12.4. The fraction of sp³-hybridized carbons (Fsp3) is 0.267. The van der Waals surface area contributed by atoms with E-state index in [1.807, 2.05) is 12.3 Å². The standard InChI is InChI=1S/C15H17BrN2/c1-2-3-11-4-6-12(7-5-11)15(17)13-8-14(16)10-18-9-13/h4-10,15H,2-3,17H2,1H3. The Morgan fingerprint density at radius 1 is 1.17 bits per heavy atom. The first kappa shape index (κ1) is 13.2. The fourth-order valence-corrected chi connectivity index (χ4v) is 2.35. The third kappa shape index (κ3) is 3.18. The zero-order chi connectivity index (χ0) is 13.0. The first-order chi connectivity index (χ1) is 8.70. The summed E-state index contributed by atoms with van der Waals surface area (Å²) in [5, 5.41) is 0. The van der Waals surface area contributed by atoms with Crippen molar-refractivity contribution in [2.24, 2.45) is 5.73 Å². The average molecular weight is 305 g/mol. The third-order valence-electron chi connectivity index (χ3n) is 2.96. The molecule has 0 radical (unpaired) electrons. The van der Waals surface area contributed by atoms with Crippen LogP contribution in [0.5, 0.6) is 0 Å². The van der Waals surface area contributed by atoms with E-state index in [-0.39, 0.29) is 6.04 Å². The molecule has 1 atom stereocenters. The minimum atomic E-state index is -0.120. The number of hydrogen-bond donors (Lipinski definition) is 1.